The van der Waals surface area contributed by atoms with E-state index in [0.717, 1.165) is 5.69 Å². The molecule has 0 radical (unpaired) electrons. The normalized spacial score (nSPS) is 13.4. The van der Waals surface area contributed by atoms with Crippen LogP contribution in [0.1, 0.15) is 16.1 Å². The lowest BCUT2D eigenvalue weighted by Crippen LogP contribution is -2.37. The Labute approximate surface area is 170 Å². The van der Waals surface area contributed by atoms with Crippen molar-refractivity contribution in [2.75, 3.05) is 18.4 Å². The zero-order chi connectivity index (χ0) is 20.5. The second-order valence-corrected chi connectivity index (χ2v) is 6.93. The molecule has 0 atom stereocenters. The number of carboxylic acid groups (broad SMARTS) is 1. The molecule has 4 rings (SSSR count). The summed E-state index contributed by atoms with van der Waals surface area (Å²) in [5.74, 6) is -1.06. The topological polar surface area (TPSA) is 108 Å². The number of amides is 2. The lowest BCUT2D eigenvalue weighted by molar-refractivity contribution is 0.0697. The van der Waals surface area contributed by atoms with Crippen molar-refractivity contribution in [3.63, 3.8) is 0 Å². The van der Waals surface area contributed by atoms with Crippen LogP contribution < -0.4 is 5.32 Å². The van der Waals surface area contributed by atoms with Crippen LogP contribution in [0.15, 0.2) is 30.6 Å². The highest BCUT2D eigenvalue weighted by molar-refractivity contribution is 7.71. The molecule has 0 fully saturated rings. The van der Waals surface area contributed by atoms with E-state index in [-0.39, 0.29) is 11.6 Å². The van der Waals surface area contributed by atoms with Crippen molar-refractivity contribution in [2.45, 2.75) is 13.0 Å². The average Bonchev–Trinajstić information content (AvgIpc) is 2.86. The molecule has 0 spiro atoms. The van der Waals surface area contributed by atoms with Gasteiger partial charge in [-0.05, 0) is 24.6 Å². The fourth-order valence-electron chi connectivity index (χ4n) is 3.56. The molecule has 2 aromatic heterocycles. The summed E-state index contributed by atoms with van der Waals surface area (Å²) in [6.45, 7) is 8.88. The standard InChI is InChI=1S/C19H16N6O3S/c1-20-14-13-5-6-24(7-8-25(13)16-15(14)21-10-22-17(16)29)19(28)23-12-4-2-3-11(9-12)18(26)27/h2-4,9-10H,5-8H2,(H,23,28)(H,26,27)(H,21,22,29). The minimum Gasteiger partial charge on any atom is -0.478 e. The SMILES string of the molecule is [C-]#[N+]c1c2n(c3c(=S)nc[nH]c13)CCN(C(=O)Nc1cccc(C(=O)O)c1)CC2. The van der Waals surface area contributed by atoms with Crippen LogP contribution in [0.3, 0.4) is 0 Å². The van der Waals surface area contributed by atoms with Crippen molar-refractivity contribution in [1.29, 1.82) is 0 Å². The van der Waals surface area contributed by atoms with E-state index >= 15 is 0 Å². The van der Waals surface area contributed by atoms with Crippen molar-refractivity contribution < 1.29 is 14.7 Å². The third kappa shape index (κ3) is 3.32. The Balaban J connectivity index is 1.58. The van der Waals surface area contributed by atoms with Crippen molar-refractivity contribution in [2.24, 2.45) is 0 Å². The van der Waals surface area contributed by atoms with Gasteiger partial charge in [-0.25, -0.2) is 19.4 Å². The van der Waals surface area contributed by atoms with Crippen molar-refractivity contribution in [3.05, 3.63) is 57.9 Å². The average molecular weight is 408 g/mol. The van der Waals surface area contributed by atoms with Crippen molar-refractivity contribution in [3.8, 4) is 0 Å². The van der Waals surface area contributed by atoms with Gasteiger partial charge in [0.1, 0.15) is 0 Å². The first-order chi connectivity index (χ1) is 14.0. The fraction of sp³-hybridized carbons (Fsp3) is 0.211. The highest BCUT2D eigenvalue weighted by Crippen LogP contribution is 2.33. The van der Waals surface area contributed by atoms with E-state index in [1.807, 2.05) is 4.57 Å². The number of anilines is 1. The first-order valence-electron chi connectivity index (χ1n) is 8.85. The van der Waals surface area contributed by atoms with Crippen LogP contribution in [-0.2, 0) is 13.0 Å². The molecule has 9 nitrogen and oxygen atoms in total. The molecule has 0 unspecified atom stereocenters. The number of H-pyrrole nitrogens is 1. The minimum atomic E-state index is -1.06. The number of aromatic amines is 1. The smallest absolute Gasteiger partial charge is 0.335 e. The highest BCUT2D eigenvalue weighted by atomic mass is 32.1. The molecule has 10 heteroatoms. The van der Waals surface area contributed by atoms with Gasteiger partial charge in [0.25, 0.3) is 0 Å². The molecular weight excluding hydrogens is 392 g/mol. The molecule has 1 aromatic carbocycles. The zero-order valence-corrected chi connectivity index (χ0v) is 16.0. The van der Waals surface area contributed by atoms with Crippen LogP contribution in [0.4, 0.5) is 16.2 Å². The van der Waals surface area contributed by atoms with Gasteiger partial charge in [0.2, 0.25) is 5.69 Å². The Morgan fingerprint density at radius 2 is 2.14 bits per heavy atom. The van der Waals surface area contributed by atoms with E-state index in [0.29, 0.717) is 53.1 Å². The molecule has 1 aliphatic heterocycles. The van der Waals surface area contributed by atoms with Crippen molar-refractivity contribution in [1.82, 2.24) is 19.4 Å². The Morgan fingerprint density at radius 3 is 2.90 bits per heavy atom. The predicted molar refractivity (Wildman–Crippen MR) is 109 cm³/mol. The van der Waals surface area contributed by atoms with Crippen LogP contribution in [-0.4, -0.2) is 49.6 Å². The molecular formula is C19H16N6O3S. The van der Waals surface area contributed by atoms with Gasteiger partial charge in [0, 0.05) is 31.0 Å². The molecule has 146 valence electrons. The van der Waals surface area contributed by atoms with E-state index in [1.165, 1.54) is 18.5 Å². The maximum Gasteiger partial charge on any atom is 0.335 e. The number of aromatic carboxylic acids is 1. The lowest BCUT2D eigenvalue weighted by atomic mass is 10.2. The molecule has 2 amide bonds. The predicted octanol–water partition coefficient (Wildman–Crippen LogP) is 3.43. The van der Waals surface area contributed by atoms with Crippen LogP contribution >= 0.6 is 12.2 Å². The van der Waals surface area contributed by atoms with E-state index in [4.69, 9.17) is 23.9 Å². The van der Waals surface area contributed by atoms with E-state index in [2.05, 4.69) is 20.1 Å². The van der Waals surface area contributed by atoms with Crippen LogP contribution in [0.2, 0.25) is 0 Å². The quantitative estimate of drug-likeness (QED) is 0.445. The monoisotopic (exact) mass is 408 g/mol. The van der Waals surface area contributed by atoms with Gasteiger partial charge in [0.05, 0.1) is 29.5 Å². The molecule has 3 aromatic rings. The first kappa shape index (κ1) is 18.6. The summed E-state index contributed by atoms with van der Waals surface area (Å²) in [6.07, 6.45) is 1.99. The maximum absolute atomic E-state index is 12.7. The summed E-state index contributed by atoms with van der Waals surface area (Å²) in [4.78, 5) is 36.3. The highest BCUT2D eigenvalue weighted by Gasteiger charge is 2.25. The molecule has 0 aliphatic carbocycles. The van der Waals surface area contributed by atoms with Gasteiger partial charge in [-0.15, -0.1) is 0 Å². The van der Waals surface area contributed by atoms with Gasteiger partial charge < -0.3 is 24.9 Å². The second-order valence-electron chi connectivity index (χ2n) is 6.54. The van der Waals surface area contributed by atoms with Gasteiger partial charge in [0.15, 0.2) is 4.64 Å². The van der Waals surface area contributed by atoms with Gasteiger partial charge in [-0.3, -0.25) is 0 Å². The van der Waals surface area contributed by atoms with Crippen molar-refractivity contribution >= 4 is 46.6 Å². The third-order valence-corrected chi connectivity index (χ3v) is 5.21. The molecule has 3 heterocycles. The number of urea groups is 1. The maximum atomic E-state index is 12.7. The molecule has 0 saturated carbocycles. The molecule has 3 N–H and O–H groups in total. The van der Waals surface area contributed by atoms with Crippen LogP contribution in [0.25, 0.3) is 15.9 Å². The first-order valence-corrected chi connectivity index (χ1v) is 9.26. The molecule has 0 bridgehead atoms. The van der Waals surface area contributed by atoms with Crippen LogP contribution in [0.5, 0.6) is 0 Å². The zero-order valence-electron chi connectivity index (χ0n) is 15.2. The van der Waals surface area contributed by atoms with Crippen LogP contribution in [0, 0.1) is 11.2 Å². The number of hydrogen-bond acceptors (Lipinski definition) is 4. The summed E-state index contributed by atoms with van der Waals surface area (Å²) in [6, 6.07) is 5.77. The number of hydrogen-bond donors (Lipinski definition) is 3. The second kappa shape index (κ2) is 7.37. The largest absolute Gasteiger partial charge is 0.478 e. The minimum absolute atomic E-state index is 0.101. The number of benzene rings is 1. The number of fused-ring (bicyclic) bond motifs is 3. The summed E-state index contributed by atoms with van der Waals surface area (Å²) in [5.41, 5.74) is 3.24. The van der Waals surface area contributed by atoms with Gasteiger partial charge in [-0.2, -0.15) is 0 Å². The summed E-state index contributed by atoms with van der Waals surface area (Å²) in [7, 11) is 0. The lowest BCUT2D eigenvalue weighted by Gasteiger charge is -2.21. The number of rotatable bonds is 2. The number of carbonyl (C=O) groups excluding carboxylic acids is 1. The Morgan fingerprint density at radius 1 is 1.31 bits per heavy atom. The van der Waals surface area contributed by atoms with Gasteiger partial charge >= 0.3 is 12.0 Å². The Hall–Kier alpha value is -3.71. The van der Waals surface area contributed by atoms with Gasteiger partial charge in [-0.1, -0.05) is 18.3 Å². The van der Waals surface area contributed by atoms with E-state index in [1.54, 1.807) is 17.0 Å². The Bertz CT molecular complexity index is 1240. The number of aromatic nitrogens is 3. The third-order valence-electron chi connectivity index (χ3n) is 4.91. The molecule has 0 saturated heterocycles. The summed E-state index contributed by atoms with van der Waals surface area (Å²) >= 11 is 5.35. The number of nitrogens with one attached hydrogen (secondary N) is 2. The summed E-state index contributed by atoms with van der Waals surface area (Å²) < 4.78 is 2.38. The summed E-state index contributed by atoms with van der Waals surface area (Å²) in [5, 5.41) is 11.8. The fourth-order valence-corrected chi connectivity index (χ4v) is 3.82. The number of carbonyl (C=O) groups is 2. The number of nitrogens with zero attached hydrogens (tertiary/aromatic N) is 4. The Kier molecular flexibility index (Phi) is 4.74. The van der Waals surface area contributed by atoms with E-state index < -0.39 is 5.97 Å². The number of carboxylic acids is 1. The molecule has 29 heavy (non-hydrogen) atoms. The van der Waals surface area contributed by atoms with E-state index in [9.17, 15) is 9.59 Å². The molecule has 1 aliphatic rings.